The minimum Gasteiger partial charge on any atom is -0.481 e. The second-order valence-corrected chi connectivity index (χ2v) is 4.04. The standard InChI is InChI=1S/C10H11N3O2S/c14-10(15)1-7-4-16-5-9(7)12-3-8-2-11-6-13-8/h2,4-6,12H,1,3H2,(H,11,13)(H,14,15). The molecule has 2 aromatic heterocycles. The van der Waals surface area contributed by atoms with Gasteiger partial charge in [-0.05, 0) is 10.9 Å². The molecule has 2 aromatic rings. The van der Waals surface area contributed by atoms with Gasteiger partial charge in [0.15, 0.2) is 0 Å². The van der Waals surface area contributed by atoms with Crippen molar-refractivity contribution >= 4 is 23.0 Å². The number of aromatic amines is 1. The Labute approximate surface area is 96.2 Å². The maximum atomic E-state index is 10.6. The average Bonchev–Trinajstić information content (AvgIpc) is 2.84. The summed E-state index contributed by atoms with van der Waals surface area (Å²) in [5, 5.41) is 15.6. The summed E-state index contributed by atoms with van der Waals surface area (Å²) in [5.74, 6) is -0.818. The molecule has 0 spiro atoms. The van der Waals surface area contributed by atoms with E-state index in [1.807, 2.05) is 10.8 Å². The molecule has 84 valence electrons. The third kappa shape index (κ3) is 2.60. The molecule has 0 saturated carbocycles. The summed E-state index contributed by atoms with van der Waals surface area (Å²) < 4.78 is 0. The van der Waals surface area contributed by atoms with Gasteiger partial charge >= 0.3 is 5.97 Å². The predicted octanol–water partition coefficient (Wildman–Crippen LogP) is 1.71. The molecular weight excluding hydrogens is 226 g/mol. The summed E-state index contributed by atoms with van der Waals surface area (Å²) in [7, 11) is 0. The van der Waals surface area contributed by atoms with Crippen molar-refractivity contribution in [3.8, 4) is 0 Å². The van der Waals surface area contributed by atoms with Crippen LogP contribution in [0.5, 0.6) is 0 Å². The van der Waals surface area contributed by atoms with Crippen LogP contribution in [0.3, 0.4) is 0 Å². The molecule has 0 aliphatic heterocycles. The molecule has 0 radical (unpaired) electrons. The number of imidazole rings is 1. The van der Waals surface area contributed by atoms with Crippen molar-refractivity contribution in [3.05, 3.63) is 34.5 Å². The molecule has 0 amide bonds. The molecule has 0 atom stereocenters. The second-order valence-electron chi connectivity index (χ2n) is 3.30. The quantitative estimate of drug-likeness (QED) is 0.739. The summed E-state index contributed by atoms with van der Waals surface area (Å²) >= 11 is 1.49. The molecule has 3 N–H and O–H groups in total. The largest absolute Gasteiger partial charge is 0.481 e. The third-order valence-corrected chi connectivity index (χ3v) is 2.89. The monoisotopic (exact) mass is 237 g/mol. The lowest BCUT2D eigenvalue weighted by Gasteiger charge is -2.04. The summed E-state index contributed by atoms with van der Waals surface area (Å²) in [4.78, 5) is 17.6. The highest BCUT2D eigenvalue weighted by molar-refractivity contribution is 7.08. The number of rotatable bonds is 5. The van der Waals surface area contributed by atoms with Crippen LogP contribution >= 0.6 is 11.3 Å². The van der Waals surface area contributed by atoms with Gasteiger partial charge in [-0.3, -0.25) is 4.79 Å². The van der Waals surface area contributed by atoms with Gasteiger partial charge in [0.05, 0.1) is 25.0 Å². The van der Waals surface area contributed by atoms with Gasteiger partial charge in [-0.25, -0.2) is 4.98 Å². The van der Waals surface area contributed by atoms with Gasteiger partial charge in [-0.15, -0.1) is 11.3 Å². The van der Waals surface area contributed by atoms with Crippen LogP contribution in [0.1, 0.15) is 11.3 Å². The number of anilines is 1. The van der Waals surface area contributed by atoms with E-state index >= 15 is 0 Å². The first kappa shape index (κ1) is 10.7. The first-order chi connectivity index (χ1) is 7.75. The highest BCUT2D eigenvalue weighted by atomic mass is 32.1. The lowest BCUT2D eigenvalue weighted by Crippen LogP contribution is -2.04. The molecule has 2 rings (SSSR count). The summed E-state index contributed by atoms with van der Waals surface area (Å²) in [6.07, 6.45) is 3.46. The minimum absolute atomic E-state index is 0.0480. The van der Waals surface area contributed by atoms with Crippen molar-refractivity contribution in [2.75, 3.05) is 5.32 Å². The molecular formula is C10H11N3O2S. The predicted molar refractivity (Wildman–Crippen MR) is 61.6 cm³/mol. The normalized spacial score (nSPS) is 10.2. The SMILES string of the molecule is O=C(O)Cc1cscc1NCc1c[nH]cn1. The molecule has 6 heteroatoms. The van der Waals surface area contributed by atoms with Crippen molar-refractivity contribution in [3.63, 3.8) is 0 Å². The van der Waals surface area contributed by atoms with Crippen LogP contribution in [0.4, 0.5) is 5.69 Å². The van der Waals surface area contributed by atoms with Gasteiger partial charge in [-0.2, -0.15) is 0 Å². The zero-order valence-corrected chi connectivity index (χ0v) is 9.25. The number of carboxylic acids is 1. The first-order valence-corrected chi connectivity index (χ1v) is 5.68. The van der Waals surface area contributed by atoms with E-state index in [-0.39, 0.29) is 6.42 Å². The second kappa shape index (κ2) is 4.80. The van der Waals surface area contributed by atoms with E-state index in [0.29, 0.717) is 6.54 Å². The van der Waals surface area contributed by atoms with Crippen LogP contribution in [-0.4, -0.2) is 21.0 Å². The minimum atomic E-state index is -0.818. The Morgan fingerprint density at radius 3 is 3.12 bits per heavy atom. The van der Waals surface area contributed by atoms with Crippen molar-refractivity contribution in [1.29, 1.82) is 0 Å². The van der Waals surface area contributed by atoms with Crippen LogP contribution in [-0.2, 0) is 17.8 Å². The van der Waals surface area contributed by atoms with Crippen molar-refractivity contribution in [2.24, 2.45) is 0 Å². The number of hydrogen-bond donors (Lipinski definition) is 3. The van der Waals surface area contributed by atoms with Crippen molar-refractivity contribution < 1.29 is 9.90 Å². The zero-order valence-electron chi connectivity index (χ0n) is 8.43. The summed E-state index contributed by atoms with van der Waals surface area (Å²) in [6.45, 7) is 0.590. The van der Waals surface area contributed by atoms with E-state index in [0.717, 1.165) is 16.9 Å². The molecule has 16 heavy (non-hydrogen) atoms. The van der Waals surface area contributed by atoms with E-state index in [9.17, 15) is 4.79 Å². The number of nitrogens with one attached hydrogen (secondary N) is 2. The lowest BCUT2D eigenvalue weighted by atomic mass is 10.2. The zero-order chi connectivity index (χ0) is 11.4. The molecule has 2 heterocycles. The molecule has 0 bridgehead atoms. The Hall–Kier alpha value is -1.82. The van der Waals surface area contributed by atoms with Gasteiger partial charge < -0.3 is 15.4 Å². The fraction of sp³-hybridized carbons (Fsp3) is 0.200. The molecule has 0 fully saturated rings. The number of carboxylic acid groups (broad SMARTS) is 1. The number of aliphatic carboxylic acids is 1. The fourth-order valence-corrected chi connectivity index (χ4v) is 2.17. The van der Waals surface area contributed by atoms with E-state index in [4.69, 9.17) is 5.11 Å². The van der Waals surface area contributed by atoms with Gasteiger partial charge in [0.25, 0.3) is 0 Å². The number of carbonyl (C=O) groups is 1. The Balaban J connectivity index is 1.99. The Morgan fingerprint density at radius 2 is 2.44 bits per heavy atom. The third-order valence-electron chi connectivity index (χ3n) is 2.10. The Morgan fingerprint density at radius 1 is 1.56 bits per heavy atom. The van der Waals surface area contributed by atoms with E-state index < -0.39 is 5.97 Å². The Kier molecular flexibility index (Phi) is 3.21. The molecule has 0 unspecified atom stereocenters. The van der Waals surface area contributed by atoms with E-state index in [1.54, 1.807) is 12.5 Å². The number of hydrogen-bond acceptors (Lipinski definition) is 4. The number of aromatic nitrogens is 2. The topological polar surface area (TPSA) is 78.0 Å². The molecule has 0 aromatic carbocycles. The number of thiophene rings is 1. The van der Waals surface area contributed by atoms with Crippen LogP contribution in [0.2, 0.25) is 0 Å². The van der Waals surface area contributed by atoms with Crippen LogP contribution in [0, 0.1) is 0 Å². The maximum absolute atomic E-state index is 10.6. The smallest absolute Gasteiger partial charge is 0.307 e. The van der Waals surface area contributed by atoms with Crippen LogP contribution in [0.15, 0.2) is 23.3 Å². The highest BCUT2D eigenvalue weighted by Crippen LogP contribution is 2.21. The summed E-state index contributed by atoms with van der Waals surface area (Å²) in [6, 6.07) is 0. The fourth-order valence-electron chi connectivity index (χ4n) is 1.35. The maximum Gasteiger partial charge on any atom is 0.307 e. The Bertz CT molecular complexity index is 464. The van der Waals surface area contributed by atoms with E-state index in [1.165, 1.54) is 11.3 Å². The molecule has 5 nitrogen and oxygen atoms in total. The van der Waals surface area contributed by atoms with Gasteiger partial charge in [0.1, 0.15) is 0 Å². The first-order valence-electron chi connectivity index (χ1n) is 4.74. The molecule has 0 aliphatic rings. The van der Waals surface area contributed by atoms with Gasteiger partial charge in [-0.1, -0.05) is 0 Å². The average molecular weight is 237 g/mol. The number of nitrogens with zero attached hydrogens (tertiary/aromatic N) is 1. The van der Waals surface area contributed by atoms with E-state index in [2.05, 4.69) is 15.3 Å². The number of H-pyrrole nitrogens is 1. The highest BCUT2D eigenvalue weighted by Gasteiger charge is 2.07. The van der Waals surface area contributed by atoms with Crippen LogP contribution < -0.4 is 5.32 Å². The van der Waals surface area contributed by atoms with Crippen LogP contribution in [0.25, 0.3) is 0 Å². The van der Waals surface area contributed by atoms with Crippen molar-refractivity contribution in [2.45, 2.75) is 13.0 Å². The summed E-state index contributed by atoms with van der Waals surface area (Å²) in [5.41, 5.74) is 2.58. The van der Waals surface area contributed by atoms with Crippen molar-refractivity contribution in [1.82, 2.24) is 9.97 Å². The lowest BCUT2D eigenvalue weighted by molar-refractivity contribution is -0.136. The van der Waals surface area contributed by atoms with Gasteiger partial charge in [0, 0.05) is 17.3 Å². The molecule has 0 aliphatic carbocycles. The van der Waals surface area contributed by atoms with Gasteiger partial charge in [0.2, 0.25) is 0 Å². The molecule has 0 saturated heterocycles.